The Labute approximate surface area is 97.1 Å². The van der Waals surface area contributed by atoms with E-state index in [4.69, 9.17) is 10.5 Å². The Morgan fingerprint density at radius 2 is 2.19 bits per heavy atom. The molecular formula is C12H22N2O2. The standard InChI is InChI=1S/C12H22N2O2/c1-9-5-12(6-9,8-13)11(15)14-3-4-16-7-10(14)2/h9-10H,3-8,13H2,1-2H3. The third-order valence-corrected chi connectivity index (χ3v) is 3.95. The van der Waals surface area contributed by atoms with Gasteiger partial charge >= 0.3 is 0 Å². The lowest BCUT2D eigenvalue weighted by Gasteiger charge is -2.48. The summed E-state index contributed by atoms with van der Waals surface area (Å²) in [4.78, 5) is 14.4. The van der Waals surface area contributed by atoms with E-state index in [0.29, 0.717) is 25.7 Å². The van der Waals surface area contributed by atoms with Crippen molar-refractivity contribution in [1.82, 2.24) is 4.90 Å². The van der Waals surface area contributed by atoms with Crippen molar-refractivity contribution in [2.75, 3.05) is 26.3 Å². The largest absolute Gasteiger partial charge is 0.377 e. The van der Waals surface area contributed by atoms with Crippen molar-refractivity contribution >= 4 is 5.91 Å². The van der Waals surface area contributed by atoms with Crippen molar-refractivity contribution in [2.24, 2.45) is 17.1 Å². The Bertz CT molecular complexity index is 274. The first-order chi connectivity index (χ1) is 7.59. The van der Waals surface area contributed by atoms with Crippen LogP contribution in [0.5, 0.6) is 0 Å². The average Bonchev–Trinajstić information content (AvgIpc) is 2.24. The van der Waals surface area contributed by atoms with E-state index >= 15 is 0 Å². The Morgan fingerprint density at radius 1 is 1.50 bits per heavy atom. The van der Waals surface area contributed by atoms with E-state index in [1.807, 2.05) is 11.8 Å². The maximum absolute atomic E-state index is 12.5. The van der Waals surface area contributed by atoms with Crippen LogP contribution in [0, 0.1) is 11.3 Å². The zero-order valence-electron chi connectivity index (χ0n) is 10.2. The molecule has 2 rings (SSSR count). The zero-order valence-corrected chi connectivity index (χ0v) is 10.2. The van der Waals surface area contributed by atoms with Gasteiger partial charge in [0, 0.05) is 13.1 Å². The Balaban J connectivity index is 2.05. The average molecular weight is 226 g/mol. The molecule has 2 N–H and O–H groups in total. The van der Waals surface area contributed by atoms with Crippen LogP contribution in [-0.4, -0.2) is 43.2 Å². The molecule has 0 aromatic rings. The minimum Gasteiger partial charge on any atom is -0.377 e. The summed E-state index contributed by atoms with van der Waals surface area (Å²) in [5, 5.41) is 0. The SMILES string of the molecule is CC1CC(CN)(C(=O)N2CCOCC2C)C1. The fraction of sp³-hybridized carbons (Fsp3) is 0.917. The van der Waals surface area contributed by atoms with Crippen molar-refractivity contribution in [3.8, 4) is 0 Å². The number of carbonyl (C=O) groups is 1. The zero-order chi connectivity index (χ0) is 11.8. The molecule has 0 aromatic heterocycles. The van der Waals surface area contributed by atoms with Gasteiger partial charge in [0.05, 0.1) is 24.7 Å². The normalized spacial score (nSPS) is 39.3. The van der Waals surface area contributed by atoms with E-state index in [0.717, 1.165) is 19.4 Å². The molecule has 92 valence electrons. The number of carbonyl (C=O) groups excluding carboxylic acids is 1. The first-order valence-corrected chi connectivity index (χ1v) is 6.18. The van der Waals surface area contributed by atoms with Crippen molar-refractivity contribution in [1.29, 1.82) is 0 Å². The van der Waals surface area contributed by atoms with Crippen LogP contribution in [-0.2, 0) is 9.53 Å². The second kappa shape index (κ2) is 4.34. The van der Waals surface area contributed by atoms with Gasteiger partial charge in [-0.3, -0.25) is 4.79 Å². The third-order valence-electron chi connectivity index (χ3n) is 3.95. The number of rotatable bonds is 2. The smallest absolute Gasteiger partial charge is 0.230 e. The van der Waals surface area contributed by atoms with Crippen LogP contribution >= 0.6 is 0 Å². The number of nitrogens with two attached hydrogens (primary N) is 1. The van der Waals surface area contributed by atoms with Crippen LogP contribution in [0.3, 0.4) is 0 Å². The van der Waals surface area contributed by atoms with Crippen molar-refractivity contribution in [2.45, 2.75) is 32.7 Å². The Morgan fingerprint density at radius 3 is 2.69 bits per heavy atom. The molecule has 1 atom stereocenters. The van der Waals surface area contributed by atoms with Gasteiger partial charge in [0.2, 0.25) is 5.91 Å². The van der Waals surface area contributed by atoms with Gasteiger partial charge in [0.25, 0.3) is 0 Å². The lowest BCUT2D eigenvalue weighted by Crippen LogP contribution is -2.59. The number of hydrogen-bond acceptors (Lipinski definition) is 3. The molecular weight excluding hydrogens is 204 g/mol. The molecule has 16 heavy (non-hydrogen) atoms. The highest BCUT2D eigenvalue weighted by atomic mass is 16.5. The molecule has 0 aromatic carbocycles. The van der Waals surface area contributed by atoms with E-state index in [1.54, 1.807) is 0 Å². The van der Waals surface area contributed by atoms with Crippen LogP contribution in [0.25, 0.3) is 0 Å². The number of morpholine rings is 1. The highest BCUT2D eigenvalue weighted by molar-refractivity contribution is 5.84. The molecule has 1 aliphatic carbocycles. The minimum absolute atomic E-state index is 0.195. The third kappa shape index (κ3) is 1.84. The van der Waals surface area contributed by atoms with Gasteiger partial charge in [-0.05, 0) is 25.7 Å². The molecule has 4 heteroatoms. The van der Waals surface area contributed by atoms with Crippen molar-refractivity contribution < 1.29 is 9.53 Å². The van der Waals surface area contributed by atoms with Gasteiger partial charge in [-0.2, -0.15) is 0 Å². The fourth-order valence-electron chi connectivity index (χ4n) is 3.04. The van der Waals surface area contributed by atoms with Crippen LogP contribution in [0.4, 0.5) is 0 Å². The van der Waals surface area contributed by atoms with Crippen LogP contribution in [0.2, 0.25) is 0 Å². The summed E-state index contributed by atoms with van der Waals surface area (Å²) >= 11 is 0. The first kappa shape index (κ1) is 11.9. The van der Waals surface area contributed by atoms with Gasteiger partial charge < -0.3 is 15.4 Å². The molecule has 2 fully saturated rings. The van der Waals surface area contributed by atoms with Gasteiger partial charge in [-0.15, -0.1) is 0 Å². The molecule has 1 unspecified atom stereocenters. The van der Waals surface area contributed by atoms with Crippen LogP contribution in [0.15, 0.2) is 0 Å². The Kier molecular flexibility index (Phi) is 3.22. The monoisotopic (exact) mass is 226 g/mol. The van der Waals surface area contributed by atoms with E-state index in [9.17, 15) is 4.79 Å². The number of nitrogens with zero attached hydrogens (tertiary/aromatic N) is 1. The predicted octanol–water partition coefficient (Wildman–Crippen LogP) is 0.609. The maximum Gasteiger partial charge on any atom is 0.230 e. The molecule has 1 heterocycles. The highest BCUT2D eigenvalue weighted by Crippen LogP contribution is 2.46. The minimum atomic E-state index is -0.259. The molecule has 1 saturated carbocycles. The van der Waals surface area contributed by atoms with Crippen molar-refractivity contribution in [3.05, 3.63) is 0 Å². The molecule has 1 amide bonds. The van der Waals surface area contributed by atoms with E-state index in [-0.39, 0.29) is 17.4 Å². The van der Waals surface area contributed by atoms with Gasteiger partial charge in [-0.1, -0.05) is 6.92 Å². The second-order valence-electron chi connectivity index (χ2n) is 5.42. The lowest BCUT2D eigenvalue weighted by atomic mass is 9.61. The van der Waals surface area contributed by atoms with Gasteiger partial charge in [-0.25, -0.2) is 0 Å². The van der Waals surface area contributed by atoms with E-state index in [1.165, 1.54) is 0 Å². The number of ether oxygens (including phenoxy) is 1. The summed E-state index contributed by atoms with van der Waals surface area (Å²) in [5.41, 5.74) is 5.55. The summed E-state index contributed by atoms with van der Waals surface area (Å²) in [7, 11) is 0. The number of hydrogen-bond donors (Lipinski definition) is 1. The Hall–Kier alpha value is -0.610. The van der Waals surface area contributed by atoms with E-state index in [2.05, 4.69) is 6.92 Å². The fourth-order valence-corrected chi connectivity index (χ4v) is 3.04. The van der Waals surface area contributed by atoms with E-state index < -0.39 is 0 Å². The second-order valence-corrected chi connectivity index (χ2v) is 5.42. The molecule has 1 saturated heterocycles. The maximum atomic E-state index is 12.5. The highest BCUT2D eigenvalue weighted by Gasteiger charge is 2.49. The molecule has 2 aliphatic rings. The summed E-state index contributed by atoms with van der Waals surface area (Å²) in [6, 6.07) is 0.195. The van der Waals surface area contributed by atoms with Crippen LogP contribution in [0.1, 0.15) is 26.7 Å². The topological polar surface area (TPSA) is 55.6 Å². The number of amides is 1. The van der Waals surface area contributed by atoms with Gasteiger partial charge in [0.1, 0.15) is 0 Å². The molecule has 0 radical (unpaired) electrons. The van der Waals surface area contributed by atoms with Gasteiger partial charge in [0.15, 0.2) is 0 Å². The lowest BCUT2D eigenvalue weighted by molar-refractivity contribution is -0.157. The molecule has 1 aliphatic heterocycles. The predicted molar refractivity (Wildman–Crippen MR) is 61.9 cm³/mol. The summed E-state index contributed by atoms with van der Waals surface area (Å²) in [6.07, 6.45) is 1.90. The first-order valence-electron chi connectivity index (χ1n) is 6.18. The quantitative estimate of drug-likeness (QED) is 0.750. The summed E-state index contributed by atoms with van der Waals surface area (Å²) in [6.45, 7) is 6.75. The molecule has 0 spiro atoms. The van der Waals surface area contributed by atoms with Crippen molar-refractivity contribution in [3.63, 3.8) is 0 Å². The summed E-state index contributed by atoms with van der Waals surface area (Å²) < 4.78 is 5.36. The summed E-state index contributed by atoms with van der Waals surface area (Å²) in [5.74, 6) is 0.896. The molecule has 4 nitrogen and oxygen atoms in total. The van der Waals surface area contributed by atoms with Crippen LogP contribution < -0.4 is 5.73 Å². The molecule has 0 bridgehead atoms.